The number of ether oxygens (including phenoxy) is 1. The molecule has 0 atom stereocenters. The van der Waals surface area contributed by atoms with Crippen LogP contribution in [0.5, 0.6) is 0 Å². The van der Waals surface area contributed by atoms with Crippen molar-refractivity contribution in [3.05, 3.63) is 18.0 Å². The van der Waals surface area contributed by atoms with E-state index >= 15 is 0 Å². The number of carbonyl (C=O) groups excluding carboxylic acids is 2. The van der Waals surface area contributed by atoms with E-state index in [1.54, 1.807) is 0 Å². The quantitative estimate of drug-likeness (QED) is 0.769. The predicted molar refractivity (Wildman–Crippen MR) is 67.5 cm³/mol. The van der Waals surface area contributed by atoms with E-state index < -0.39 is 5.91 Å². The van der Waals surface area contributed by atoms with Gasteiger partial charge in [-0.3, -0.25) is 9.59 Å². The number of carbonyl (C=O) groups is 2. The standard InChI is InChI=1S/C12H16N4O3/c1-19-11(18)8-3-6-16(7-4-8)12-14-5-2-9(15-12)10(13)17/h2,5,8H,3-4,6-7H2,1H3,(H2,13,17). The van der Waals surface area contributed by atoms with Crippen LogP contribution in [0.1, 0.15) is 23.3 Å². The van der Waals surface area contributed by atoms with Crippen molar-refractivity contribution in [1.82, 2.24) is 9.97 Å². The molecule has 2 heterocycles. The van der Waals surface area contributed by atoms with E-state index in [0.717, 1.165) is 0 Å². The molecule has 0 saturated carbocycles. The lowest BCUT2D eigenvalue weighted by Gasteiger charge is -2.30. The van der Waals surface area contributed by atoms with Crippen LogP contribution < -0.4 is 10.6 Å². The zero-order valence-corrected chi connectivity index (χ0v) is 10.7. The van der Waals surface area contributed by atoms with Crippen molar-refractivity contribution in [2.24, 2.45) is 11.7 Å². The van der Waals surface area contributed by atoms with Crippen molar-refractivity contribution in [2.45, 2.75) is 12.8 Å². The highest BCUT2D eigenvalue weighted by Gasteiger charge is 2.26. The van der Waals surface area contributed by atoms with E-state index in [9.17, 15) is 9.59 Å². The summed E-state index contributed by atoms with van der Waals surface area (Å²) >= 11 is 0. The lowest BCUT2D eigenvalue weighted by molar-refractivity contribution is -0.146. The average Bonchev–Trinajstić information content (AvgIpc) is 2.46. The van der Waals surface area contributed by atoms with Crippen molar-refractivity contribution in [2.75, 3.05) is 25.1 Å². The molecule has 1 fully saturated rings. The Hall–Kier alpha value is -2.18. The Morgan fingerprint density at radius 2 is 2.11 bits per heavy atom. The monoisotopic (exact) mass is 264 g/mol. The Morgan fingerprint density at radius 1 is 1.42 bits per heavy atom. The number of primary amides is 1. The third-order valence-electron chi connectivity index (χ3n) is 3.21. The van der Waals surface area contributed by atoms with Crippen molar-refractivity contribution < 1.29 is 14.3 Å². The molecule has 1 aliphatic rings. The SMILES string of the molecule is COC(=O)C1CCN(c2nccc(C(N)=O)n2)CC1. The Bertz CT molecular complexity index is 484. The molecule has 0 aliphatic carbocycles. The van der Waals surface area contributed by atoms with Crippen LogP contribution >= 0.6 is 0 Å². The van der Waals surface area contributed by atoms with Crippen LogP contribution in [0, 0.1) is 5.92 Å². The van der Waals surface area contributed by atoms with Crippen LogP contribution in [0.4, 0.5) is 5.95 Å². The number of hydrogen-bond donors (Lipinski definition) is 1. The summed E-state index contributed by atoms with van der Waals surface area (Å²) in [6.45, 7) is 1.31. The van der Waals surface area contributed by atoms with Crippen molar-refractivity contribution in [3.8, 4) is 0 Å². The van der Waals surface area contributed by atoms with Crippen LogP contribution in [0.3, 0.4) is 0 Å². The zero-order chi connectivity index (χ0) is 13.8. The van der Waals surface area contributed by atoms with Gasteiger partial charge in [-0.05, 0) is 18.9 Å². The van der Waals surface area contributed by atoms with E-state index in [1.807, 2.05) is 4.90 Å². The molecule has 7 nitrogen and oxygen atoms in total. The van der Waals surface area contributed by atoms with Gasteiger partial charge >= 0.3 is 5.97 Å². The molecule has 2 N–H and O–H groups in total. The third-order valence-corrected chi connectivity index (χ3v) is 3.21. The molecule has 1 aromatic heterocycles. The van der Waals surface area contributed by atoms with Crippen LogP contribution in [0.15, 0.2) is 12.3 Å². The molecule has 0 spiro atoms. The number of amides is 1. The minimum absolute atomic E-state index is 0.0689. The van der Waals surface area contributed by atoms with Gasteiger partial charge in [-0.25, -0.2) is 9.97 Å². The highest BCUT2D eigenvalue weighted by atomic mass is 16.5. The Morgan fingerprint density at radius 3 is 2.68 bits per heavy atom. The molecule has 0 bridgehead atoms. The lowest BCUT2D eigenvalue weighted by Crippen LogP contribution is -2.38. The molecule has 1 aliphatic heterocycles. The molecule has 2 rings (SSSR count). The molecule has 0 aromatic carbocycles. The third kappa shape index (κ3) is 2.98. The number of methoxy groups -OCH3 is 1. The fourth-order valence-electron chi connectivity index (χ4n) is 2.12. The Kier molecular flexibility index (Phi) is 3.94. The van der Waals surface area contributed by atoms with Gasteiger partial charge in [0.2, 0.25) is 5.95 Å². The second-order valence-corrected chi connectivity index (χ2v) is 4.39. The summed E-state index contributed by atoms with van der Waals surface area (Å²) in [6, 6.07) is 1.48. The van der Waals surface area contributed by atoms with E-state index in [0.29, 0.717) is 31.9 Å². The Labute approximate surface area is 110 Å². The van der Waals surface area contributed by atoms with Crippen molar-refractivity contribution >= 4 is 17.8 Å². The second-order valence-electron chi connectivity index (χ2n) is 4.39. The summed E-state index contributed by atoms with van der Waals surface area (Å²) < 4.78 is 4.73. The van der Waals surface area contributed by atoms with Gasteiger partial charge in [0.1, 0.15) is 5.69 Å². The highest BCUT2D eigenvalue weighted by Crippen LogP contribution is 2.21. The Balaban J connectivity index is 2.03. The number of rotatable bonds is 3. The lowest BCUT2D eigenvalue weighted by atomic mass is 9.97. The number of anilines is 1. The van der Waals surface area contributed by atoms with Crippen LogP contribution in [0.25, 0.3) is 0 Å². The zero-order valence-electron chi connectivity index (χ0n) is 10.7. The molecule has 7 heteroatoms. The van der Waals surface area contributed by atoms with E-state index in [-0.39, 0.29) is 17.6 Å². The number of nitrogens with two attached hydrogens (primary N) is 1. The van der Waals surface area contributed by atoms with Crippen LogP contribution in [-0.4, -0.2) is 42.0 Å². The fourth-order valence-corrected chi connectivity index (χ4v) is 2.12. The number of nitrogens with zero attached hydrogens (tertiary/aromatic N) is 3. The maximum atomic E-state index is 11.4. The predicted octanol–water partition coefficient (Wildman–Crippen LogP) is -0.0351. The van der Waals surface area contributed by atoms with Crippen molar-refractivity contribution in [3.63, 3.8) is 0 Å². The van der Waals surface area contributed by atoms with Gasteiger partial charge in [0.25, 0.3) is 5.91 Å². The van der Waals surface area contributed by atoms with Crippen LogP contribution in [0.2, 0.25) is 0 Å². The fraction of sp³-hybridized carbons (Fsp3) is 0.500. The van der Waals surface area contributed by atoms with Gasteiger partial charge in [-0.2, -0.15) is 0 Å². The summed E-state index contributed by atoms with van der Waals surface area (Å²) in [5.41, 5.74) is 5.38. The van der Waals surface area contributed by atoms with Crippen molar-refractivity contribution in [1.29, 1.82) is 0 Å². The normalized spacial score (nSPS) is 16.2. The summed E-state index contributed by atoms with van der Waals surface area (Å²) in [5, 5.41) is 0. The molecule has 1 aromatic rings. The number of esters is 1. The minimum Gasteiger partial charge on any atom is -0.469 e. The first-order valence-corrected chi connectivity index (χ1v) is 6.07. The van der Waals surface area contributed by atoms with E-state index in [2.05, 4.69) is 9.97 Å². The smallest absolute Gasteiger partial charge is 0.308 e. The molecular formula is C12H16N4O3. The molecule has 0 radical (unpaired) electrons. The summed E-state index contributed by atoms with van der Waals surface area (Å²) in [4.78, 5) is 32.7. The van der Waals surface area contributed by atoms with Gasteiger partial charge < -0.3 is 15.4 Å². The highest BCUT2D eigenvalue weighted by molar-refractivity contribution is 5.90. The first-order valence-electron chi connectivity index (χ1n) is 6.07. The number of piperidine rings is 1. The number of hydrogen-bond acceptors (Lipinski definition) is 6. The van der Waals surface area contributed by atoms with Gasteiger partial charge in [0, 0.05) is 19.3 Å². The molecule has 1 saturated heterocycles. The topological polar surface area (TPSA) is 98.4 Å². The van der Waals surface area contributed by atoms with Gasteiger partial charge in [-0.15, -0.1) is 0 Å². The van der Waals surface area contributed by atoms with Crippen LogP contribution in [-0.2, 0) is 9.53 Å². The van der Waals surface area contributed by atoms with E-state index in [1.165, 1.54) is 19.4 Å². The van der Waals surface area contributed by atoms with Gasteiger partial charge in [-0.1, -0.05) is 0 Å². The first kappa shape index (κ1) is 13.3. The maximum absolute atomic E-state index is 11.4. The summed E-state index contributed by atoms with van der Waals surface area (Å²) in [5.74, 6) is -0.347. The van der Waals surface area contributed by atoms with E-state index in [4.69, 9.17) is 10.5 Å². The van der Waals surface area contributed by atoms with Gasteiger partial charge in [0.15, 0.2) is 0 Å². The molecular weight excluding hydrogens is 248 g/mol. The molecule has 19 heavy (non-hydrogen) atoms. The summed E-state index contributed by atoms with van der Waals surface area (Å²) in [6.07, 6.45) is 2.89. The second kappa shape index (κ2) is 5.64. The minimum atomic E-state index is -0.576. The maximum Gasteiger partial charge on any atom is 0.308 e. The first-order chi connectivity index (χ1) is 9.11. The largest absolute Gasteiger partial charge is 0.469 e. The molecule has 102 valence electrons. The summed E-state index contributed by atoms with van der Waals surface area (Å²) in [7, 11) is 1.40. The van der Waals surface area contributed by atoms with Gasteiger partial charge in [0.05, 0.1) is 13.0 Å². The average molecular weight is 264 g/mol. The molecule has 0 unspecified atom stereocenters. The molecule has 1 amide bonds. The number of aromatic nitrogens is 2.